The Balaban J connectivity index is 0.000000120. The lowest BCUT2D eigenvalue weighted by atomic mass is 9.76. The zero-order valence-electron chi connectivity index (χ0n) is 31.3. The molecule has 10 nitrogen and oxygen atoms in total. The molecule has 0 aromatic rings. The SMILES string of the molecule is C1CCOC1.CCC[C@H]1CC[C@@H]2O[C@@H]3C[C@]2(C[C@H]2OC4(CCCCC4)OC32)O1.OCC[C@H]1CC[C@@H]2O[C@@H]3C[C@]2(C[C@H]2OC4(CCCCC4)OC32)O1. The zero-order chi connectivity index (χ0) is 34.5. The van der Waals surface area contributed by atoms with Gasteiger partial charge in [0, 0.05) is 71.2 Å². The lowest BCUT2D eigenvalue weighted by Crippen LogP contribution is -2.53. The molecule has 7 aliphatic heterocycles. The number of ether oxygens (including phenoxy) is 9. The summed E-state index contributed by atoms with van der Waals surface area (Å²) in [4.78, 5) is 0. The second-order valence-corrected chi connectivity index (χ2v) is 17.9. The van der Waals surface area contributed by atoms with Gasteiger partial charge in [-0.1, -0.05) is 26.2 Å². The van der Waals surface area contributed by atoms with Crippen LogP contribution in [-0.2, 0) is 42.6 Å². The number of hydrogen-bond acceptors (Lipinski definition) is 10. The van der Waals surface area contributed by atoms with Crippen molar-refractivity contribution in [3.8, 4) is 0 Å². The highest BCUT2D eigenvalue weighted by molar-refractivity contribution is 5.13. The summed E-state index contributed by atoms with van der Waals surface area (Å²) in [5, 5.41) is 9.24. The second kappa shape index (κ2) is 14.9. The molecule has 4 aliphatic carbocycles. The van der Waals surface area contributed by atoms with Crippen molar-refractivity contribution in [3.05, 3.63) is 0 Å². The van der Waals surface area contributed by atoms with E-state index in [1.807, 2.05) is 0 Å². The van der Waals surface area contributed by atoms with Gasteiger partial charge in [0.1, 0.15) is 12.2 Å². The monoisotopic (exact) mass is 718 g/mol. The van der Waals surface area contributed by atoms with E-state index < -0.39 is 0 Å². The Labute approximate surface area is 305 Å². The summed E-state index contributed by atoms with van der Waals surface area (Å²) in [7, 11) is 0. The number of fused-ring (bicyclic) bond motifs is 6. The molecule has 51 heavy (non-hydrogen) atoms. The molecule has 11 rings (SSSR count). The average Bonchev–Trinajstić information content (AvgIpc) is 3.96. The van der Waals surface area contributed by atoms with Crippen molar-refractivity contribution in [1.29, 1.82) is 0 Å². The van der Waals surface area contributed by atoms with E-state index >= 15 is 0 Å². The van der Waals surface area contributed by atoms with Crippen LogP contribution in [0.5, 0.6) is 0 Å². The first-order valence-corrected chi connectivity index (χ1v) is 21.5. The number of aliphatic hydroxyl groups is 1. The largest absolute Gasteiger partial charge is 0.396 e. The first-order chi connectivity index (χ1) is 24.9. The maximum Gasteiger partial charge on any atom is 0.169 e. The van der Waals surface area contributed by atoms with E-state index in [0.29, 0.717) is 6.10 Å². The molecule has 7 heterocycles. The van der Waals surface area contributed by atoms with E-state index in [4.69, 9.17) is 42.6 Å². The van der Waals surface area contributed by atoms with Crippen LogP contribution in [0.15, 0.2) is 0 Å². The standard InChI is InChI=1S/C19H30O4.C18H28O5.C4H8O/c1-2-6-13-7-8-16-18(21-13)11-14(20-16)17-15(12-18)22-19(23-17)9-4-3-5-10-19;19-9-6-12-4-5-15-17(21-12)10-13(20-15)16-14(11-17)22-18(23-16)7-2-1-3-8-18;1-2-4-5-3-1/h13-17H,2-12H2,1H3;12-16,19H,1-11H2;1-4H2/t13-,14+,15+,16-,17?,18+;12-,13-,14-,15+,16?,17-;/m01./s1. The molecule has 0 aromatic heterocycles. The summed E-state index contributed by atoms with van der Waals surface area (Å²) < 4.78 is 56.8. The Morgan fingerprint density at radius 3 is 1.41 bits per heavy atom. The summed E-state index contributed by atoms with van der Waals surface area (Å²) in [6.07, 6.45) is 27.3. The van der Waals surface area contributed by atoms with E-state index in [-0.39, 0.29) is 84.3 Å². The molecule has 4 spiro atoms. The predicted octanol–water partition coefficient (Wildman–Crippen LogP) is 6.80. The molecule has 0 aromatic carbocycles. The van der Waals surface area contributed by atoms with E-state index in [0.717, 1.165) is 96.7 Å². The fraction of sp³-hybridized carbons (Fsp3) is 1.00. The molecule has 290 valence electrons. The van der Waals surface area contributed by atoms with Crippen molar-refractivity contribution >= 4 is 0 Å². The van der Waals surface area contributed by atoms with Crippen molar-refractivity contribution < 1.29 is 47.7 Å². The highest BCUT2D eigenvalue weighted by atomic mass is 16.8. The molecular formula is C41H66O10. The summed E-state index contributed by atoms with van der Waals surface area (Å²) in [6.45, 7) is 4.45. The van der Waals surface area contributed by atoms with Crippen molar-refractivity contribution in [2.75, 3.05) is 19.8 Å². The summed E-state index contributed by atoms with van der Waals surface area (Å²) in [6, 6.07) is 0. The van der Waals surface area contributed by atoms with Crippen LogP contribution in [0.2, 0.25) is 0 Å². The van der Waals surface area contributed by atoms with Crippen LogP contribution < -0.4 is 0 Å². The molecule has 10 heteroatoms. The van der Waals surface area contributed by atoms with Gasteiger partial charge < -0.3 is 47.7 Å². The lowest BCUT2D eigenvalue weighted by Gasteiger charge is -2.44. The van der Waals surface area contributed by atoms with E-state index in [1.54, 1.807) is 0 Å². The van der Waals surface area contributed by atoms with E-state index in [1.165, 1.54) is 64.2 Å². The van der Waals surface area contributed by atoms with Gasteiger partial charge in [-0.3, -0.25) is 0 Å². The van der Waals surface area contributed by atoms with Crippen molar-refractivity contribution in [3.63, 3.8) is 0 Å². The van der Waals surface area contributed by atoms with Gasteiger partial charge in [-0.2, -0.15) is 0 Å². The fourth-order valence-corrected chi connectivity index (χ4v) is 12.0. The third-order valence-corrected chi connectivity index (χ3v) is 14.4. The highest BCUT2D eigenvalue weighted by Gasteiger charge is 2.66. The molecule has 0 amide bonds. The Morgan fingerprint density at radius 1 is 0.510 bits per heavy atom. The molecule has 11 aliphatic rings. The Kier molecular flexibility index (Phi) is 10.6. The quantitative estimate of drug-likeness (QED) is 0.334. The zero-order valence-corrected chi connectivity index (χ0v) is 31.3. The van der Waals surface area contributed by atoms with Gasteiger partial charge in [0.25, 0.3) is 0 Å². The van der Waals surface area contributed by atoms with Gasteiger partial charge in [-0.05, 0) is 77.0 Å². The lowest BCUT2D eigenvalue weighted by molar-refractivity contribution is -0.216. The molecule has 2 unspecified atom stereocenters. The molecular weight excluding hydrogens is 652 g/mol. The van der Waals surface area contributed by atoms with Gasteiger partial charge in [0.2, 0.25) is 0 Å². The van der Waals surface area contributed by atoms with Crippen LogP contribution in [0.1, 0.15) is 155 Å². The second-order valence-electron chi connectivity index (χ2n) is 17.9. The minimum absolute atomic E-state index is 0.0872. The molecule has 7 saturated heterocycles. The third kappa shape index (κ3) is 7.01. The van der Waals surface area contributed by atoms with Gasteiger partial charge in [-0.25, -0.2) is 0 Å². The van der Waals surface area contributed by atoms with Crippen molar-refractivity contribution in [1.82, 2.24) is 0 Å². The minimum Gasteiger partial charge on any atom is -0.396 e. The van der Waals surface area contributed by atoms with Gasteiger partial charge in [0.15, 0.2) is 11.6 Å². The number of hydrogen-bond donors (Lipinski definition) is 1. The van der Waals surface area contributed by atoms with E-state index in [9.17, 15) is 5.11 Å². The van der Waals surface area contributed by atoms with Crippen LogP contribution >= 0.6 is 0 Å². The molecule has 0 radical (unpaired) electrons. The van der Waals surface area contributed by atoms with Crippen LogP contribution in [-0.4, -0.2) is 109 Å². The smallest absolute Gasteiger partial charge is 0.169 e. The summed E-state index contributed by atoms with van der Waals surface area (Å²) >= 11 is 0. The number of aliphatic hydroxyl groups excluding tert-OH is 1. The maximum atomic E-state index is 9.24. The molecule has 4 bridgehead atoms. The molecule has 12 atom stereocenters. The average molecular weight is 719 g/mol. The summed E-state index contributed by atoms with van der Waals surface area (Å²) in [5.74, 6) is -0.641. The van der Waals surface area contributed by atoms with Crippen LogP contribution in [0.3, 0.4) is 0 Å². The maximum absolute atomic E-state index is 9.24. The Bertz CT molecular complexity index is 1080. The minimum atomic E-state index is -0.341. The molecule has 1 N–H and O–H groups in total. The normalized spacial score (nSPS) is 48.1. The Hall–Kier alpha value is -0.400. The van der Waals surface area contributed by atoms with E-state index in [2.05, 4.69) is 6.92 Å². The first kappa shape index (κ1) is 36.3. The van der Waals surface area contributed by atoms with Crippen LogP contribution in [0, 0.1) is 0 Å². The van der Waals surface area contributed by atoms with Gasteiger partial charge in [-0.15, -0.1) is 0 Å². The van der Waals surface area contributed by atoms with Crippen LogP contribution in [0.4, 0.5) is 0 Å². The third-order valence-electron chi connectivity index (χ3n) is 14.4. The highest BCUT2D eigenvalue weighted by Crippen LogP contribution is 2.57. The van der Waals surface area contributed by atoms with Gasteiger partial charge in [0.05, 0.1) is 60.0 Å². The topological polar surface area (TPSA) is 103 Å². The van der Waals surface area contributed by atoms with Crippen molar-refractivity contribution in [2.45, 2.75) is 238 Å². The molecule has 11 fully saturated rings. The first-order valence-electron chi connectivity index (χ1n) is 21.5. The van der Waals surface area contributed by atoms with Crippen LogP contribution in [0.25, 0.3) is 0 Å². The predicted molar refractivity (Wildman–Crippen MR) is 187 cm³/mol. The number of rotatable bonds is 4. The Morgan fingerprint density at radius 2 is 0.980 bits per heavy atom. The molecule has 4 saturated carbocycles. The van der Waals surface area contributed by atoms with Crippen molar-refractivity contribution in [2.24, 2.45) is 0 Å². The fourth-order valence-electron chi connectivity index (χ4n) is 12.0. The summed E-state index contributed by atoms with van der Waals surface area (Å²) in [5.41, 5.74) is -0.291. The van der Waals surface area contributed by atoms with Gasteiger partial charge >= 0.3 is 0 Å².